The second-order valence-corrected chi connectivity index (χ2v) is 5.83. The van der Waals surface area contributed by atoms with Crippen LogP contribution in [-0.2, 0) is 0 Å². The fourth-order valence-electron chi connectivity index (χ4n) is 2.49. The highest BCUT2D eigenvalue weighted by Gasteiger charge is 2.35. The van der Waals surface area contributed by atoms with E-state index in [0.717, 1.165) is 5.56 Å². The molecular formula is C18H10ClF4N3. The summed E-state index contributed by atoms with van der Waals surface area (Å²) in [6.45, 7) is 0. The van der Waals surface area contributed by atoms with Crippen LogP contribution in [0.25, 0.3) is 6.08 Å². The van der Waals surface area contributed by atoms with Crippen molar-refractivity contribution < 1.29 is 17.6 Å². The maximum absolute atomic E-state index is 14.1. The Balaban J connectivity index is 2.01. The summed E-state index contributed by atoms with van der Waals surface area (Å²) in [4.78, 5) is 0. The van der Waals surface area contributed by atoms with Gasteiger partial charge in [-0.15, -0.1) is 0 Å². The van der Waals surface area contributed by atoms with Crippen molar-refractivity contribution in [2.75, 3.05) is 5.01 Å². The zero-order chi connectivity index (χ0) is 18.8. The molecule has 3 nitrogen and oxygen atoms in total. The summed E-state index contributed by atoms with van der Waals surface area (Å²) in [5.74, 6) is -6.88. The quantitative estimate of drug-likeness (QED) is 0.424. The van der Waals surface area contributed by atoms with Gasteiger partial charge in [-0.1, -0.05) is 48.0 Å². The van der Waals surface area contributed by atoms with Gasteiger partial charge in [0.1, 0.15) is 16.8 Å². The predicted octanol–water partition coefficient (Wildman–Crippen LogP) is 5.07. The van der Waals surface area contributed by atoms with Crippen molar-refractivity contribution in [1.82, 2.24) is 0 Å². The minimum Gasteiger partial charge on any atom is -0.241 e. The zero-order valence-electron chi connectivity index (χ0n) is 13.1. The number of benzene rings is 2. The number of halogens is 5. The Morgan fingerprint density at radius 1 is 1.04 bits per heavy atom. The predicted molar refractivity (Wildman–Crippen MR) is 90.7 cm³/mol. The summed E-state index contributed by atoms with van der Waals surface area (Å²) in [6, 6.07) is 9.84. The topological polar surface area (TPSA) is 39.4 Å². The lowest BCUT2D eigenvalue weighted by Gasteiger charge is -2.20. The number of hydrogen-bond donors (Lipinski definition) is 0. The van der Waals surface area contributed by atoms with Crippen LogP contribution < -0.4 is 5.01 Å². The Bertz CT molecular complexity index is 922. The van der Waals surface area contributed by atoms with Crippen LogP contribution in [0.1, 0.15) is 12.0 Å². The number of hydrazone groups is 1. The lowest BCUT2D eigenvalue weighted by Crippen LogP contribution is -2.27. The monoisotopic (exact) mass is 379 g/mol. The number of allylic oxidation sites excluding steroid dienone is 1. The SMILES string of the molecule is N#CC1CC(/C=C/c2ccccc2)=NN1c1c(F)c(F)c(Cl)c(F)c1F. The fourth-order valence-corrected chi connectivity index (χ4v) is 2.66. The molecule has 1 aliphatic heterocycles. The third-order valence-corrected chi connectivity index (χ3v) is 4.10. The van der Waals surface area contributed by atoms with E-state index in [2.05, 4.69) is 5.10 Å². The Hall–Kier alpha value is -2.85. The molecule has 1 atom stereocenters. The van der Waals surface area contributed by atoms with Crippen LogP contribution in [0.5, 0.6) is 0 Å². The average molecular weight is 380 g/mol. The van der Waals surface area contributed by atoms with Crippen molar-refractivity contribution in [3.8, 4) is 6.07 Å². The van der Waals surface area contributed by atoms with E-state index in [1.807, 2.05) is 36.4 Å². The first kappa shape index (κ1) is 18.0. The second-order valence-electron chi connectivity index (χ2n) is 5.45. The fraction of sp³-hybridized carbons (Fsp3) is 0.111. The van der Waals surface area contributed by atoms with E-state index in [1.165, 1.54) is 0 Å². The molecule has 8 heteroatoms. The molecule has 0 bridgehead atoms. The van der Waals surface area contributed by atoms with E-state index in [4.69, 9.17) is 11.6 Å². The molecule has 3 rings (SSSR count). The van der Waals surface area contributed by atoms with Gasteiger partial charge in [-0.05, 0) is 11.6 Å². The molecule has 2 aromatic rings. The van der Waals surface area contributed by atoms with Crippen LogP contribution in [0, 0.1) is 34.6 Å². The summed E-state index contributed by atoms with van der Waals surface area (Å²) in [6.07, 6.45) is 3.30. The number of rotatable bonds is 3. The van der Waals surface area contributed by atoms with E-state index < -0.39 is 40.0 Å². The molecule has 0 spiro atoms. The van der Waals surface area contributed by atoms with Gasteiger partial charge in [0.15, 0.2) is 23.3 Å². The minimum absolute atomic E-state index is 0.0323. The number of anilines is 1. The van der Waals surface area contributed by atoms with E-state index in [1.54, 1.807) is 12.2 Å². The van der Waals surface area contributed by atoms with Gasteiger partial charge in [0.05, 0.1) is 11.8 Å². The molecule has 0 aliphatic carbocycles. The van der Waals surface area contributed by atoms with Crippen molar-refractivity contribution in [3.05, 3.63) is 70.3 Å². The molecule has 0 aromatic heterocycles. The lowest BCUT2D eigenvalue weighted by molar-refractivity contribution is 0.451. The molecule has 0 saturated carbocycles. The zero-order valence-corrected chi connectivity index (χ0v) is 13.8. The van der Waals surface area contributed by atoms with Crippen LogP contribution in [-0.4, -0.2) is 11.8 Å². The average Bonchev–Trinajstić information content (AvgIpc) is 3.07. The van der Waals surface area contributed by atoms with Gasteiger partial charge in [-0.3, -0.25) is 0 Å². The van der Waals surface area contributed by atoms with Crippen LogP contribution in [0.3, 0.4) is 0 Å². The van der Waals surface area contributed by atoms with Crippen molar-refractivity contribution in [2.45, 2.75) is 12.5 Å². The maximum atomic E-state index is 14.1. The normalized spacial score (nSPS) is 16.8. The summed E-state index contributed by atoms with van der Waals surface area (Å²) < 4.78 is 55.7. The first-order chi connectivity index (χ1) is 12.4. The third-order valence-electron chi connectivity index (χ3n) is 3.77. The van der Waals surface area contributed by atoms with Crippen LogP contribution >= 0.6 is 11.6 Å². The molecule has 1 unspecified atom stereocenters. The molecule has 1 heterocycles. The van der Waals surface area contributed by atoms with Gasteiger partial charge in [0, 0.05) is 6.42 Å². The standard InChI is InChI=1S/C18H10ClF4N3/c19-13-14(20)16(22)18(17(23)15(13)21)26-12(9-24)8-11(25-26)7-6-10-4-2-1-3-5-10/h1-7,12H,8H2/b7-6+. The molecule has 0 fully saturated rings. The van der Waals surface area contributed by atoms with Gasteiger partial charge in [0.25, 0.3) is 0 Å². The molecule has 0 radical (unpaired) electrons. The van der Waals surface area contributed by atoms with E-state index in [-0.39, 0.29) is 6.42 Å². The Kier molecular flexibility index (Phi) is 4.96. The molecule has 0 N–H and O–H groups in total. The smallest absolute Gasteiger partial charge is 0.188 e. The lowest BCUT2D eigenvalue weighted by atomic mass is 10.1. The van der Waals surface area contributed by atoms with Gasteiger partial charge < -0.3 is 0 Å². The van der Waals surface area contributed by atoms with Gasteiger partial charge in [-0.2, -0.15) is 10.4 Å². The van der Waals surface area contributed by atoms with Gasteiger partial charge >= 0.3 is 0 Å². The molecular weight excluding hydrogens is 370 g/mol. The van der Waals surface area contributed by atoms with Crippen molar-refractivity contribution >= 4 is 29.1 Å². The summed E-state index contributed by atoms with van der Waals surface area (Å²) >= 11 is 5.22. The van der Waals surface area contributed by atoms with Crippen molar-refractivity contribution in [3.63, 3.8) is 0 Å². The first-order valence-electron chi connectivity index (χ1n) is 7.45. The van der Waals surface area contributed by atoms with Crippen molar-refractivity contribution in [1.29, 1.82) is 5.26 Å². The minimum atomic E-state index is -1.74. The molecule has 1 aliphatic rings. The summed E-state index contributed by atoms with van der Waals surface area (Å²) in [5, 5.41) is 12.5. The first-order valence-corrected chi connectivity index (χ1v) is 7.82. The Morgan fingerprint density at radius 3 is 2.23 bits per heavy atom. The maximum Gasteiger partial charge on any atom is 0.188 e. The molecule has 2 aromatic carbocycles. The van der Waals surface area contributed by atoms with E-state index in [0.29, 0.717) is 10.7 Å². The number of hydrogen-bond acceptors (Lipinski definition) is 3. The van der Waals surface area contributed by atoms with Gasteiger partial charge in [-0.25, -0.2) is 22.6 Å². The van der Waals surface area contributed by atoms with E-state index >= 15 is 0 Å². The highest BCUT2D eigenvalue weighted by atomic mass is 35.5. The second kappa shape index (κ2) is 7.18. The van der Waals surface area contributed by atoms with Gasteiger partial charge in [0.2, 0.25) is 0 Å². The number of nitrogens with zero attached hydrogens (tertiary/aromatic N) is 3. The van der Waals surface area contributed by atoms with E-state index in [9.17, 15) is 22.8 Å². The largest absolute Gasteiger partial charge is 0.241 e. The molecule has 132 valence electrons. The highest BCUT2D eigenvalue weighted by Crippen LogP contribution is 2.36. The Labute approximate surface area is 151 Å². The summed E-state index contributed by atoms with van der Waals surface area (Å²) in [7, 11) is 0. The third kappa shape index (κ3) is 3.16. The van der Waals surface area contributed by atoms with Crippen LogP contribution in [0.15, 0.2) is 41.5 Å². The van der Waals surface area contributed by atoms with Crippen LogP contribution in [0.4, 0.5) is 23.2 Å². The Morgan fingerprint density at radius 2 is 1.65 bits per heavy atom. The van der Waals surface area contributed by atoms with Crippen LogP contribution in [0.2, 0.25) is 5.02 Å². The number of nitriles is 1. The molecule has 26 heavy (non-hydrogen) atoms. The molecule has 0 amide bonds. The summed E-state index contributed by atoms with van der Waals surface area (Å²) in [5.41, 5.74) is 0.0946. The molecule has 0 saturated heterocycles. The highest BCUT2D eigenvalue weighted by molar-refractivity contribution is 6.31. The van der Waals surface area contributed by atoms with Crippen molar-refractivity contribution in [2.24, 2.45) is 5.10 Å².